The average molecular weight is 365 g/mol. The normalized spacial score (nSPS) is 18.4. The Bertz CT molecular complexity index is 847. The number of likely N-dealkylation sites (N-methyl/N-ethyl adjacent to an activating group) is 1. The Labute approximate surface area is 151 Å². The minimum Gasteiger partial charge on any atom is -0.450 e. The van der Waals surface area contributed by atoms with Gasteiger partial charge in [0, 0.05) is 37.7 Å². The van der Waals surface area contributed by atoms with E-state index in [-0.39, 0.29) is 18.4 Å². The van der Waals surface area contributed by atoms with Gasteiger partial charge in [-0.1, -0.05) is 23.4 Å². The van der Waals surface area contributed by atoms with Crippen LogP contribution in [0, 0.1) is 0 Å². The highest BCUT2D eigenvalue weighted by Gasteiger charge is 2.27. The quantitative estimate of drug-likeness (QED) is 0.762. The summed E-state index contributed by atoms with van der Waals surface area (Å²) in [7, 11) is 3.73. The predicted molar refractivity (Wildman–Crippen MR) is 95.7 cm³/mol. The molecule has 1 aliphatic heterocycles. The number of para-hydroxylation sites is 1. The van der Waals surface area contributed by atoms with Crippen LogP contribution in [-0.2, 0) is 11.3 Å². The molecule has 0 amide bonds. The fourth-order valence-corrected chi connectivity index (χ4v) is 3.12. The molecule has 1 aromatic carbocycles. The number of hydrogen-bond acceptors (Lipinski definition) is 7. The molecule has 1 saturated heterocycles. The van der Waals surface area contributed by atoms with Crippen LogP contribution in [0.4, 0.5) is 0 Å². The van der Waals surface area contributed by atoms with Crippen LogP contribution in [0.2, 0.25) is 0 Å². The van der Waals surface area contributed by atoms with Gasteiger partial charge in [-0.2, -0.15) is 4.98 Å². The minimum atomic E-state index is 0. The third-order valence-electron chi connectivity index (χ3n) is 4.43. The molecule has 2 aromatic heterocycles. The van der Waals surface area contributed by atoms with Gasteiger partial charge < -0.3 is 19.0 Å². The highest BCUT2D eigenvalue weighted by molar-refractivity contribution is 5.86. The Kier molecular flexibility index (Phi) is 5.39. The van der Waals surface area contributed by atoms with E-state index in [9.17, 15) is 0 Å². The number of halogens is 1. The van der Waals surface area contributed by atoms with Gasteiger partial charge in [-0.15, -0.1) is 12.4 Å². The molecule has 0 radical (unpaired) electrons. The van der Waals surface area contributed by atoms with Crippen LogP contribution in [-0.4, -0.2) is 48.8 Å². The molecule has 7 nitrogen and oxygen atoms in total. The summed E-state index contributed by atoms with van der Waals surface area (Å²) in [6, 6.07) is 7.95. The van der Waals surface area contributed by atoms with E-state index in [1.165, 1.54) is 0 Å². The largest absolute Gasteiger partial charge is 0.450 e. The van der Waals surface area contributed by atoms with E-state index in [4.69, 9.17) is 13.7 Å². The van der Waals surface area contributed by atoms with Crippen LogP contribution in [0.15, 0.2) is 33.2 Å². The van der Waals surface area contributed by atoms with Gasteiger partial charge >= 0.3 is 0 Å². The summed E-state index contributed by atoms with van der Waals surface area (Å²) in [5, 5.41) is 8.53. The Morgan fingerprint density at radius 3 is 3.00 bits per heavy atom. The van der Waals surface area contributed by atoms with Crippen LogP contribution < -0.4 is 5.32 Å². The molecule has 3 heterocycles. The Balaban J connectivity index is 0.00000182. The third kappa shape index (κ3) is 3.28. The van der Waals surface area contributed by atoms with Crippen LogP contribution in [0.5, 0.6) is 0 Å². The smallest absolute Gasteiger partial charge is 0.294 e. The van der Waals surface area contributed by atoms with Gasteiger partial charge in [0.2, 0.25) is 0 Å². The first-order valence-electron chi connectivity index (χ1n) is 8.02. The first kappa shape index (κ1) is 17.9. The number of ether oxygens (including phenoxy) is 1. The molecule has 134 valence electrons. The molecular weight excluding hydrogens is 344 g/mol. The molecule has 25 heavy (non-hydrogen) atoms. The molecule has 1 aliphatic rings. The molecule has 3 aromatic rings. The standard InChI is InChI=1S/C17H20N4O3.ClH/c1-21-8-7-18-9-13(21)16-19-17(24-20-16)15-12(10-22-2)11-5-3-4-6-14(11)23-15;/h3-6,13,18H,7-10H2,1-2H3;1H. The van der Waals surface area contributed by atoms with Crippen molar-refractivity contribution in [3.8, 4) is 11.7 Å². The lowest BCUT2D eigenvalue weighted by Gasteiger charge is -2.30. The average Bonchev–Trinajstić information content (AvgIpc) is 3.21. The third-order valence-corrected chi connectivity index (χ3v) is 4.43. The Hall–Kier alpha value is -1.93. The molecule has 0 spiro atoms. The first-order valence-corrected chi connectivity index (χ1v) is 8.02. The zero-order chi connectivity index (χ0) is 16.5. The van der Waals surface area contributed by atoms with E-state index in [2.05, 4.69) is 27.4 Å². The molecule has 8 heteroatoms. The van der Waals surface area contributed by atoms with Crippen LogP contribution in [0.3, 0.4) is 0 Å². The summed E-state index contributed by atoms with van der Waals surface area (Å²) in [5.41, 5.74) is 1.72. The highest BCUT2D eigenvalue weighted by atomic mass is 35.5. The molecule has 0 aliphatic carbocycles. The SMILES string of the molecule is COCc1c(-c2nc(C3CNCCN3C)no2)oc2ccccc12.Cl. The fraction of sp³-hybridized carbons (Fsp3) is 0.412. The van der Waals surface area contributed by atoms with E-state index in [1.807, 2.05) is 24.3 Å². The second-order valence-corrected chi connectivity index (χ2v) is 6.00. The van der Waals surface area contributed by atoms with Gasteiger partial charge in [-0.25, -0.2) is 0 Å². The molecule has 1 atom stereocenters. The van der Waals surface area contributed by atoms with E-state index >= 15 is 0 Å². The van der Waals surface area contributed by atoms with E-state index in [1.54, 1.807) is 7.11 Å². The van der Waals surface area contributed by atoms with Crippen LogP contribution in [0.25, 0.3) is 22.6 Å². The maximum absolute atomic E-state index is 5.96. The number of aromatic nitrogens is 2. The maximum Gasteiger partial charge on any atom is 0.294 e. The second-order valence-electron chi connectivity index (χ2n) is 6.00. The van der Waals surface area contributed by atoms with Crippen molar-refractivity contribution in [1.29, 1.82) is 0 Å². The van der Waals surface area contributed by atoms with Gasteiger partial charge in [0.05, 0.1) is 12.6 Å². The number of benzene rings is 1. The van der Waals surface area contributed by atoms with Crippen molar-refractivity contribution in [3.63, 3.8) is 0 Å². The van der Waals surface area contributed by atoms with Crippen molar-refractivity contribution < 1.29 is 13.7 Å². The fourth-order valence-electron chi connectivity index (χ4n) is 3.12. The summed E-state index contributed by atoms with van der Waals surface area (Å²) in [4.78, 5) is 6.81. The van der Waals surface area contributed by atoms with Crippen molar-refractivity contribution in [2.24, 2.45) is 0 Å². The summed E-state index contributed by atoms with van der Waals surface area (Å²) in [5.74, 6) is 1.65. The molecular formula is C17H21ClN4O3. The Morgan fingerprint density at radius 2 is 2.20 bits per heavy atom. The highest BCUT2D eigenvalue weighted by Crippen LogP contribution is 2.34. The van der Waals surface area contributed by atoms with Gasteiger partial charge in [0.15, 0.2) is 11.6 Å². The molecule has 0 saturated carbocycles. The minimum absolute atomic E-state index is 0. The number of nitrogens with one attached hydrogen (secondary N) is 1. The lowest BCUT2D eigenvalue weighted by Crippen LogP contribution is -2.44. The van der Waals surface area contributed by atoms with Gasteiger partial charge in [0.1, 0.15) is 5.58 Å². The number of furan rings is 1. The van der Waals surface area contributed by atoms with Crippen LogP contribution in [0.1, 0.15) is 17.4 Å². The predicted octanol–water partition coefficient (Wildman–Crippen LogP) is 2.63. The molecule has 1 fully saturated rings. The number of piperazine rings is 1. The molecule has 0 bridgehead atoms. The number of fused-ring (bicyclic) bond motifs is 1. The van der Waals surface area contributed by atoms with Crippen molar-refractivity contribution in [2.75, 3.05) is 33.8 Å². The van der Waals surface area contributed by atoms with Gasteiger partial charge in [-0.05, 0) is 13.1 Å². The van der Waals surface area contributed by atoms with Crippen LogP contribution >= 0.6 is 12.4 Å². The summed E-state index contributed by atoms with van der Waals surface area (Å²) in [6.45, 7) is 3.16. The summed E-state index contributed by atoms with van der Waals surface area (Å²) < 4.78 is 16.8. The van der Waals surface area contributed by atoms with Gasteiger partial charge in [0.25, 0.3) is 5.89 Å². The number of rotatable bonds is 4. The lowest BCUT2D eigenvalue weighted by atomic mass is 10.1. The van der Waals surface area contributed by atoms with Gasteiger partial charge in [-0.3, -0.25) is 4.90 Å². The van der Waals surface area contributed by atoms with E-state index in [0.29, 0.717) is 24.1 Å². The van der Waals surface area contributed by atoms with E-state index in [0.717, 1.165) is 36.2 Å². The molecule has 1 unspecified atom stereocenters. The number of methoxy groups -OCH3 is 1. The monoisotopic (exact) mass is 364 g/mol. The topological polar surface area (TPSA) is 76.6 Å². The lowest BCUT2D eigenvalue weighted by molar-refractivity contribution is 0.185. The van der Waals surface area contributed by atoms with Crippen molar-refractivity contribution >= 4 is 23.4 Å². The summed E-state index contributed by atoms with van der Waals surface area (Å²) in [6.07, 6.45) is 0. The molecule has 4 rings (SSSR count). The number of nitrogens with zero attached hydrogens (tertiary/aromatic N) is 3. The van der Waals surface area contributed by atoms with Crippen molar-refractivity contribution in [2.45, 2.75) is 12.6 Å². The summed E-state index contributed by atoms with van der Waals surface area (Å²) >= 11 is 0. The maximum atomic E-state index is 5.96. The Morgan fingerprint density at radius 1 is 1.36 bits per heavy atom. The number of hydrogen-bond donors (Lipinski definition) is 1. The van der Waals surface area contributed by atoms with Crippen molar-refractivity contribution in [1.82, 2.24) is 20.4 Å². The molecule has 1 N–H and O–H groups in total. The second kappa shape index (κ2) is 7.53. The zero-order valence-corrected chi connectivity index (χ0v) is 15.0. The van der Waals surface area contributed by atoms with Crippen molar-refractivity contribution in [3.05, 3.63) is 35.7 Å². The first-order chi connectivity index (χ1) is 11.8. The zero-order valence-electron chi connectivity index (χ0n) is 14.2. The van der Waals surface area contributed by atoms with E-state index < -0.39 is 0 Å².